The zero-order valence-electron chi connectivity index (χ0n) is 19.4. The molecule has 2 aliphatic rings. The molecule has 174 valence electrons. The summed E-state index contributed by atoms with van der Waals surface area (Å²) in [6.45, 7) is 2.40. The standard InChI is InChI=1S/C30H25NO4/c1-2-34-27(32)30(25-15-7-4-8-16-25)26-18-22-12-10-9-11-21(22)17-23(26)19-31-28(33)35-20-29(30,31)24-13-5-3-6-14-24/h3-18H,2,19-20H2,1H3/t29-,30+/m1/s1. The van der Waals surface area contributed by atoms with Gasteiger partial charge in [-0.25, -0.2) is 4.79 Å². The van der Waals surface area contributed by atoms with E-state index in [1.165, 1.54) is 0 Å². The smallest absolute Gasteiger partial charge is 0.411 e. The number of hydrogen-bond acceptors (Lipinski definition) is 4. The first-order valence-electron chi connectivity index (χ1n) is 11.9. The molecule has 2 aliphatic heterocycles. The molecule has 1 fully saturated rings. The predicted molar refractivity (Wildman–Crippen MR) is 133 cm³/mol. The van der Waals surface area contributed by atoms with Crippen molar-refractivity contribution in [1.29, 1.82) is 0 Å². The van der Waals surface area contributed by atoms with Crippen molar-refractivity contribution >= 4 is 22.8 Å². The van der Waals surface area contributed by atoms with E-state index in [9.17, 15) is 9.59 Å². The van der Waals surface area contributed by atoms with Gasteiger partial charge in [-0.15, -0.1) is 0 Å². The molecular formula is C30H25NO4. The van der Waals surface area contributed by atoms with Gasteiger partial charge < -0.3 is 9.47 Å². The maximum Gasteiger partial charge on any atom is 0.411 e. The van der Waals surface area contributed by atoms with Gasteiger partial charge in [-0.3, -0.25) is 9.69 Å². The average Bonchev–Trinajstić information content (AvgIpc) is 3.24. The molecule has 0 bridgehead atoms. The normalized spacial score (nSPS) is 22.9. The van der Waals surface area contributed by atoms with Crippen molar-refractivity contribution in [2.45, 2.75) is 24.4 Å². The number of benzene rings is 4. The van der Waals surface area contributed by atoms with Gasteiger partial charge in [-0.05, 0) is 52.1 Å². The topological polar surface area (TPSA) is 55.8 Å². The van der Waals surface area contributed by atoms with Crippen LogP contribution in [-0.2, 0) is 31.8 Å². The number of hydrogen-bond donors (Lipinski definition) is 0. The molecule has 5 heteroatoms. The van der Waals surface area contributed by atoms with Crippen LogP contribution in [0.15, 0.2) is 97.1 Å². The lowest BCUT2D eigenvalue weighted by Crippen LogP contribution is -2.66. The molecule has 0 radical (unpaired) electrons. The van der Waals surface area contributed by atoms with E-state index in [0.717, 1.165) is 33.0 Å². The van der Waals surface area contributed by atoms with Gasteiger partial charge >= 0.3 is 12.1 Å². The molecular weight excluding hydrogens is 438 g/mol. The Morgan fingerprint density at radius 1 is 0.886 bits per heavy atom. The lowest BCUT2D eigenvalue weighted by molar-refractivity contribution is -0.155. The second kappa shape index (κ2) is 7.98. The van der Waals surface area contributed by atoms with Crippen LogP contribution in [-0.4, -0.2) is 30.2 Å². The minimum atomic E-state index is -1.34. The lowest BCUT2D eigenvalue weighted by atomic mass is 9.55. The highest BCUT2D eigenvalue weighted by molar-refractivity contribution is 5.96. The van der Waals surface area contributed by atoms with Gasteiger partial charge in [0.25, 0.3) is 0 Å². The molecule has 5 nitrogen and oxygen atoms in total. The first-order valence-corrected chi connectivity index (χ1v) is 11.9. The van der Waals surface area contributed by atoms with Crippen LogP contribution in [0.5, 0.6) is 0 Å². The van der Waals surface area contributed by atoms with E-state index in [2.05, 4.69) is 12.1 Å². The van der Waals surface area contributed by atoms with Gasteiger partial charge in [0.05, 0.1) is 13.2 Å². The lowest BCUT2D eigenvalue weighted by Gasteiger charge is -2.53. The molecule has 0 aliphatic carbocycles. The molecule has 2 heterocycles. The summed E-state index contributed by atoms with van der Waals surface area (Å²) in [6, 6.07) is 31.7. The zero-order chi connectivity index (χ0) is 24.0. The van der Waals surface area contributed by atoms with Crippen LogP contribution in [0.1, 0.15) is 29.2 Å². The van der Waals surface area contributed by atoms with Crippen LogP contribution in [0.4, 0.5) is 4.79 Å². The number of fused-ring (bicyclic) bond motifs is 3. The number of nitrogens with zero attached hydrogens (tertiary/aromatic N) is 1. The van der Waals surface area contributed by atoms with E-state index in [1.54, 1.807) is 4.90 Å². The minimum Gasteiger partial charge on any atom is -0.465 e. The fourth-order valence-corrected chi connectivity index (χ4v) is 6.04. The van der Waals surface area contributed by atoms with E-state index < -0.39 is 23.0 Å². The summed E-state index contributed by atoms with van der Waals surface area (Å²) in [5, 5.41) is 2.08. The molecule has 2 atom stereocenters. The number of rotatable bonds is 4. The first-order chi connectivity index (χ1) is 17.1. The van der Waals surface area contributed by atoms with Gasteiger partial charge in [0.15, 0.2) is 0 Å². The van der Waals surface area contributed by atoms with Crippen molar-refractivity contribution < 1.29 is 19.1 Å². The number of amides is 1. The second-order valence-corrected chi connectivity index (χ2v) is 9.06. The summed E-state index contributed by atoms with van der Waals surface area (Å²) < 4.78 is 11.6. The predicted octanol–water partition coefficient (Wildman–Crippen LogP) is 5.55. The van der Waals surface area contributed by atoms with E-state index in [1.807, 2.05) is 91.9 Å². The Balaban J connectivity index is 1.81. The second-order valence-electron chi connectivity index (χ2n) is 9.06. The highest BCUT2D eigenvalue weighted by Crippen LogP contribution is 2.58. The Hall–Kier alpha value is -4.12. The molecule has 1 saturated heterocycles. The zero-order valence-corrected chi connectivity index (χ0v) is 19.4. The van der Waals surface area contributed by atoms with Crippen molar-refractivity contribution in [3.05, 3.63) is 119 Å². The third-order valence-electron chi connectivity index (χ3n) is 7.45. The van der Waals surface area contributed by atoms with Gasteiger partial charge in [-0.2, -0.15) is 0 Å². The monoisotopic (exact) mass is 463 g/mol. The maximum absolute atomic E-state index is 14.4. The molecule has 4 aromatic rings. The van der Waals surface area contributed by atoms with Gasteiger partial charge in [0, 0.05) is 0 Å². The SMILES string of the molecule is CCOC(=O)[C@]1(c2ccccc2)c2cc3ccccc3cc2CN2C(=O)OC[C@]21c1ccccc1. The van der Waals surface area contributed by atoms with Crippen LogP contribution < -0.4 is 0 Å². The van der Waals surface area contributed by atoms with E-state index in [-0.39, 0.29) is 13.2 Å². The fraction of sp³-hybridized carbons (Fsp3) is 0.200. The molecule has 0 unspecified atom stereocenters. The van der Waals surface area contributed by atoms with Gasteiger partial charge in [0.2, 0.25) is 0 Å². The van der Waals surface area contributed by atoms with Crippen LogP contribution in [0.2, 0.25) is 0 Å². The summed E-state index contributed by atoms with van der Waals surface area (Å²) >= 11 is 0. The van der Waals surface area contributed by atoms with Crippen molar-refractivity contribution in [3.63, 3.8) is 0 Å². The highest BCUT2D eigenvalue weighted by atomic mass is 16.6. The Morgan fingerprint density at radius 3 is 2.14 bits per heavy atom. The first kappa shape index (κ1) is 21.4. The van der Waals surface area contributed by atoms with Crippen LogP contribution in [0.25, 0.3) is 10.8 Å². The average molecular weight is 464 g/mol. The number of ether oxygens (including phenoxy) is 2. The number of carbonyl (C=O) groups excluding carboxylic acids is 2. The third kappa shape index (κ3) is 2.81. The summed E-state index contributed by atoms with van der Waals surface area (Å²) in [4.78, 5) is 29.5. The fourth-order valence-electron chi connectivity index (χ4n) is 6.04. The van der Waals surface area contributed by atoms with Gasteiger partial charge in [0.1, 0.15) is 17.6 Å². The maximum atomic E-state index is 14.4. The van der Waals surface area contributed by atoms with E-state index >= 15 is 0 Å². The minimum absolute atomic E-state index is 0.0375. The number of carbonyl (C=O) groups is 2. The molecule has 0 spiro atoms. The van der Waals surface area contributed by atoms with E-state index in [4.69, 9.17) is 9.47 Å². The molecule has 0 saturated carbocycles. The molecule has 6 rings (SSSR count). The van der Waals surface area contributed by atoms with Crippen LogP contribution in [0.3, 0.4) is 0 Å². The summed E-state index contributed by atoms with van der Waals surface area (Å²) in [5.74, 6) is -0.394. The molecule has 0 N–H and O–H groups in total. The molecule has 0 aromatic heterocycles. The van der Waals surface area contributed by atoms with Crippen LogP contribution in [0, 0.1) is 0 Å². The van der Waals surface area contributed by atoms with Crippen molar-refractivity contribution in [2.75, 3.05) is 13.2 Å². The summed E-state index contributed by atoms with van der Waals surface area (Å²) in [5.41, 5.74) is 0.901. The summed E-state index contributed by atoms with van der Waals surface area (Å²) in [7, 11) is 0. The molecule has 4 aromatic carbocycles. The van der Waals surface area contributed by atoms with Crippen molar-refractivity contribution in [2.24, 2.45) is 0 Å². The quantitative estimate of drug-likeness (QED) is 0.373. The molecule has 1 amide bonds. The van der Waals surface area contributed by atoms with E-state index in [0.29, 0.717) is 6.54 Å². The Kier molecular flexibility index (Phi) is 4.88. The summed E-state index contributed by atoms with van der Waals surface area (Å²) in [6.07, 6.45) is -0.433. The Morgan fingerprint density at radius 2 is 1.49 bits per heavy atom. The van der Waals surface area contributed by atoms with Crippen LogP contribution >= 0.6 is 0 Å². The number of esters is 1. The van der Waals surface area contributed by atoms with Crippen molar-refractivity contribution in [1.82, 2.24) is 4.90 Å². The Labute approximate surface area is 203 Å². The van der Waals surface area contributed by atoms with Crippen molar-refractivity contribution in [3.8, 4) is 0 Å². The third-order valence-corrected chi connectivity index (χ3v) is 7.45. The number of cyclic esters (lactones) is 1. The molecule has 35 heavy (non-hydrogen) atoms. The highest BCUT2D eigenvalue weighted by Gasteiger charge is 2.70. The van der Waals surface area contributed by atoms with Gasteiger partial charge in [-0.1, -0.05) is 84.9 Å². The Bertz CT molecular complexity index is 1430. The largest absolute Gasteiger partial charge is 0.465 e.